The lowest BCUT2D eigenvalue weighted by Crippen LogP contribution is -2.38. The number of nitrogens with one attached hydrogen (secondary N) is 1. The molecule has 1 aromatic carbocycles. The number of esters is 1. The highest BCUT2D eigenvalue weighted by Gasteiger charge is 2.36. The molecule has 2 unspecified atom stereocenters. The maximum atomic E-state index is 11.2. The van der Waals surface area contributed by atoms with Crippen molar-refractivity contribution in [3.63, 3.8) is 0 Å². The van der Waals surface area contributed by atoms with Gasteiger partial charge in [0.1, 0.15) is 12.9 Å². The minimum absolute atomic E-state index is 0.304. The second-order valence-electron chi connectivity index (χ2n) is 6.29. The van der Waals surface area contributed by atoms with Crippen molar-refractivity contribution in [1.29, 1.82) is 0 Å². The number of ether oxygens (including phenoxy) is 1. The minimum atomic E-state index is -0.304. The van der Waals surface area contributed by atoms with Gasteiger partial charge in [0.2, 0.25) is 0 Å². The highest BCUT2D eigenvalue weighted by atomic mass is 16.6. The lowest BCUT2D eigenvalue weighted by molar-refractivity contribution is -0.131. The second-order valence-corrected chi connectivity index (χ2v) is 6.29. The monoisotopic (exact) mass is 328 g/mol. The highest BCUT2D eigenvalue weighted by Crippen LogP contribution is 2.39. The molecule has 0 aliphatic carbocycles. The summed E-state index contributed by atoms with van der Waals surface area (Å²) in [6.07, 6.45) is 4.07. The van der Waals surface area contributed by atoms with Crippen LogP contribution in [0.1, 0.15) is 45.1 Å². The summed E-state index contributed by atoms with van der Waals surface area (Å²) >= 11 is 0. The maximum Gasteiger partial charge on any atom is 0.308 e. The van der Waals surface area contributed by atoms with Crippen LogP contribution in [0.4, 0.5) is 0 Å². The summed E-state index contributed by atoms with van der Waals surface area (Å²) in [5.74, 6) is 0.279. The van der Waals surface area contributed by atoms with E-state index in [2.05, 4.69) is 23.5 Å². The van der Waals surface area contributed by atoms with Crippen LogP contribution in [0.3, 0.4) is 0 Å². The Morgan fingerprint density at radius 3 is 2.92 bits per heavy atom. The molecule has 2 aliphatic rings. The van der Waals surface area contributed by atoms with Crippen LogP contribution in [-0.4, -0.2) is 30.9 Å². The predicted octanol–water partition coefficient (Wildman–Crippen LogP) is 3.30. The van der Waals surface area contributed by atoms with Gasteiger partial charge in [0.15, 0.2) is 0 Å². The van der Waals surface area contributed by atoms with Crippen molar-refractivity contribution >= 4 is 17.3 Å². The summed E-state index contributed by atoms with van der Waals surface area (Å²) < 4.78 is 5.25. The molecular weight excluding hydrogens is 304 g/mol. The van der Waals surface area contributed by atoms with E-state index < -0.39 is 0 Å². The summed E-state index contributed by atoms with van der Waals surface area (Å²) in [4.78, 5) is 16.3. The standard InChI is InChI=1S/C19H24N2O3/c1-4-17(21-23-3)19-16(11-14-8-9-18(19)20-14)13-6-5-7-15(10-13)24-12(2)22/h5-7,10,14,18,20H,4,8-9,11H2,1-3H3. The zero-order valence-electron chi connectivity index (χ0n) is 14.5. The maximum absolute atomic E-state index is 11.2. The molecule has 0 saturated carbocycles. The molecule has 2 atom stereocenters. The van der Waals surface area contributed by atoms with Crippen LogP contribution in [0.2, 0.25) is 0 Å². The Bertz CT molecular complexity index is 694. The molecule has 2 heterocycles. The molecule has 1 saturated heterocycles. The zero-order chi connectivity index (χ0) is 17.1. The Balaban J connectivity index is 2.07. The Morgan fingerprint density at radius 2 is 2.21 bits per heavy atom. The number of hydrogen-bond donors (Lipinski definition) is 1. The lowest BCUT2D eigenvalue weighted by atomic mass is 9.86. The molecule has 1 N–H and O–H groups in total. The first kappa shape index (κ1) is 16.7. The number of hydrogen-bond acceptors (Lipinski definition) is 5. The third kappa shape index (κ3) is 3.36. The van der Waals surface area contributed by atoms with E-state index in [1.54, 1.807) is 7.11 Å². The van der Waals surface area contributed by atoms with Crippen molar-refractivity contribution in [3.05, 3.63) is 35.4 Å². The van der Waals surface area contributed by atoms with Crippen LogP contribution in [-0.2, 0) is 9.63 Å². The summed E-state index contributed by atoms with van der Waals surface area (Å²) in [6, 6.07) is 8.60. The van der Waals surface area contributed by atoms with Crippen LogP contribution < -0.4 is 10.1 Å². The quantitative estimate of drug-likeness (QED) is 0.390. The summed E-state index contributed by atoms with van der Waals surface area (Å²) in [5, 5.41) is 7.94. The molecule has 2 aliphatic heterocycles. The molecule has 5 nitrogen and oxygen atoms in total. The number of rotatable bonds is 5. The molecular formula is C19H24N2O3. The van der Waals surface area contributed by atoms with E-state index in [9.17, 15) is 4.79 Å². The molecule has 128 valence electrons. The summed E-state index contributed by atoms with van der Waals surface area (Å²) in [6.45, 7) is 3.52. The van der Waals surface area contributed by atoms with Crippen molar-refractivity contribution in [2.75, 3.05) is 7.11 Å². The first-order valence-electron chi connectivity index (χ1n) is 8.50. The minimum Gasteiger partial charge on any atom is -0.427 e. The van der Waals surface area contributed by atoms with Gasteiger partial charge in [0.05, 0.1) is 5.71 Å². The Kier molecular flexibility index (Phi) is 5.00. The smallest absolute Gasteiger partial charge is 0.308 e. The van der Waals surface area contributed by atoms with Gasteiger partial charge < -0.3 is 14.9 Å². The number of nitrogens with zero attached hydrogens (tertiary/aromatic N) is 1. The molecule has 0 aromatic heterocycles. The van der Waals surface area contributed by atoms with Crippen molar-refractivity contribution in [3.8, 4) is 5.75 Å². The van der Waals surface area contributed by atoms with Gasteiger partial charge in [-0.1, -0.05) is 24.2 Å². The third-order valence-electron chi connectivity index (χ3n) is 4.66. The average Bonchev–Trinajstić information content (AvgIpc) is 2.94. The van der Waals surface area contributed by atoms with E-state index in [1.807, 2.05) is 18.2 Å². The Labute approximate surface area is 142 Å². The van der Waals surface area contributed by atoms with Gasteiger partial charge in [-0.3, -0.25) is 4.79 Å². The average molecular weight is 328 g/mol. The highest BCUT2D eigenvalue weighted by molar-refractivity contribution is 6.07. The van der Waals surface area contributed by atoms with E-state index >= 15 is 0 Å². The second kappa shape index (κ2) is 7.18. The third-order valence-corrected chi connectivity index (χ3v) is 4.66. The van der Waals surface area contributed by atoms with Crippen LogP contribution in [0, 0.1) is 0 Å². The fourth-order valence-electron chi connectivity index (χ4n) is 3.75. The van der Waals surface area contributed by atoms with Gasteiger partial charge in [-0.2, -0.15) is 0 Å². The van der Waals surface area contributed by atoms with E-state index in [0.717, 1.165) is 30.5 Å². The van der Waals surface area contributed by atoms with Crippen molar-refractivity contribution in [1.82, 2.24) is 5.32 Å². The van der Waals surface area contributed by atoms with Gasteiger partial charge in [0, 0.05) is 19.0 Å². The van der Waals surface area contributed by atoms with Crippen molar-refractivity contribution < 1.29 is 14.4 Å². The molecule has 0 radical (unpaired) electrons. The topological polar surface area (TPSA) is 59.9 Å². The van der Waals surface area contributed by atoms with Crippen molar-refractivity contribution in [2.24, 2.45) is 5.16 Å². The van der Waals surface area contributed by atoms with Crippen LogP contribution in [0.25, 0.3) is 5.57 Å². The summed E-state index contributed by atoms with van der Waals surface area (Å²) in [5.41, 5.74) is 4.61. The van der Waals surface area contributed by atoms with Gasteiger partial charge in [-0.15, -0.1) is 0 Å². The number of oxime groups is 1. The predicted molar refractivity (Wildman–Crippen MR) is 94.0 cm³/mol. The fraction of sp³-hybridized carbons (Fsp3) is 0.474. The van der Waals surface area contributed by atoms with Gasteiger partial charge in [0.25, 0.3) is 0 Å². The first-order valence-corrected chi connectivity index (χ1v) is 8.50. The number of carbonyl (C=O) groups excluding carboxylic acids is 1. The summed E-state index contributed by atoms with van der Waals surface area (Å²) in [7, 11) is 1.59. The Hall–Kier alpha value is -2.14. The largest absolute Gasteiger partial charge is 0.427 e. The van der Waals surface area contributed by atoms with Gasteiger partial charge in [-0.25, -0.2) is 0 Å². The molecule has 1 fully saturated rings. The van der Waals surface area contributed by atoms with Gasteiger partial charge >= 0.3 is 5.97 Å². The molecule has 1 aromatic rings. The normalized spacial score (nSPS) is 23.4. The Morgan fingerprint density at radius 1 is 1.38 bits per heavy atom. The van der Waals surface area contributed by atoms with Gasteiger partial charge in [-0.05, 0) is 54.5 Å². The van der Waals surface area contributed by atoms with E-state index in [1.165, 1.54) is 24.5 Å². The van der Waals surface area contributed by atoms with Crippen LogP contribution in [0.15, 0.2) is 35.0 Å². The molecule has 0 amide bonds. The van der Waals surface area contributed by atoms with E-state index in [0.29, 0.717) is 17.8 Å². The van der Waals surface area contributed by atoms with Crippen molar-refractivity contribution in [2.45, 2.75) is 51.6 Å². The zero-order valence-corrected chi connectivity index (χ0v) is 14.5. The number of benzene rings is 1. The van der Waals surface area contributed by atoms with E-state index in [-0.39, 0.29) is 5.97 Å². The van der Waals surface area contributed by atoms with Crippen LogP contribution >= 0.6 is 0 Å². The molecule has 2 bridgehead atoms. The first-order chi connectivity index (χ1) is 11.6. The molecule has 3 rings (SSSR count). The fourth-order valence-corrected chi connectivity index (χ4v) is 3.75. The lowest BCUT2D eigenvalue weighted by Gasteiger charge is -2.29. The molecule has 5 heteroatoms. The SMILES string of the molecule is CCC(=NOC)C1=C(c2cccc(OC(C)=O)c2)CC2CCC1N2. The van der Waals surface area contributed by atoms with E-state index in [4.69, 9.17) is 9.57 Å². The molecule has 24 heavy (non-hydrogen) atoms. The number of fused-ring (bicyclic) bond motifs is 2. The molecule has 0 spiro atoms. The van der Waals surface area contributed by atoms with Crippen LogP contribution in [0.5, 0.6) is 5.75 Å². The number of carbonyl (C=O) groups is 1.